The Morgan fingerprint density at radius 2 is 1.81 bits per heavy atom. The lowest BCUT2D eigenvalue weighted by Crippen LogP contribution is -2.54. The summed E-state index contributed by atoms with van der Waals surface area (Å²) in [4.78, 5) is 27.3. The summed E-state index contributed by atoms with van der Waals surface area (Å²) in [6, 6.07) is 18.1. The quantitative estimate of drug-likeness (QED) is 0.138. The van der Waals surface area contributed by atoms with E-state index in [2.05, 4.69) is 27.9 Å². The molecule has 0 saturated carbocycles. The molecule has 3 aromatic rings. The lowest BCUT2D eigenvalue weighted by Gasteiger charge is -2.29. The number of halogens is 3. The van der Waals surface area contributed by atoms with Crippen molar-refractivity contribution in [2.75, 3.05) is 11.5 Å². The van der Waals surface area contributed by atoms with Crippen molar-refractivity contribution in [1.29, 1.82) is 0 Å². The minimum Gasteiger partial charge on any atom is -0.490 e. The fraction of sp³-hybridized carbons (Fsp3) is 0.115. The highest BCUT2D eigenvalue weighted by atomic mass is 127. The molecule has 10 heteroatoms. The van der Waals surface area contributed by atoms with Crippen molar-refractivity contribution in [2.24, 2.45) is 0 Å². The van der Waals surface area contributed by atoms with Gasteiger partial charge in [-0.15, -0.1) is 0 Å². The normalized spacial score (nSPS) is 14.7. The van der Waals surface area contributed by atoms with Gasteiger partial charge in [-0.25, -0.2) is 0 Å². The van der Waals surface area contributed by atoms with E-state index in [1.54, 1.807) is 30.3 Å². The van der Waals surface area contributed by atoms with Gasteiger partial charge in [0.1, 0.15) is 12.2 Å². The molecule has 184 valence electrons. The number of ether oxygens (including phenoxy) is 2. The van der Waals surface area contributed by atoms with Crippen LogP contribution in [0.1, 0.15) is 18.1 Å². The highest BCUT2D eigenvalue weighted by Gasteiger charge is 2.35. The molecule has 0 aromatic heterocycles. The highest BCUT2D eigenvalue weighted by Crippen LogP contribution is 2.37. The Morgan fingerprint density at radius 3 is 2.53 bits per heavy atom. The van der Waals surface area contributed by atoms with E-state index in [1.165, 1.54) is 6.08 Å². The Balaban J connectivity index is 1.69. The molecule has 1 aliphatic rings. The van der Waals surface area contributed by atoms with Crippen LogP contribution in [-0.4, -0.2) is 23.5 Å². The summed E-state index contributed by atoms with van der Waals surface area (Å²) in [6.07, 6.45) is 1.48. The number of hydrogen-bond donors (Lipinski definition) is 1. The molecular weight excluding hydrogens is 634 g/mol. The third kappa shape index (κ3) is 5.67. The van der Waals surface area contributed by atoms with Gasteiger partial charge in [-0.05, 0) is 83.2 Å². The number of rotatable bonds is 7. The van der Waals surface area contributed by atoms with E-state index in [9.17, 15) is 9.59 Å². The molecule has 3 aromatic carbocycles. The van der Waals surface area contributed by atoms with E-state index < -0.39 is 11.8 Å². The van der Waals surface area contributed by atoms with Gasteiger partial charge in [-0.1, -0.05) is 59.6 Å². The maximum absolute atomic E-state index is 13.4. The van der Waals surface area contributed by atoms with E-state index in [-0.39, 0.29) is 26.4 Å². The first-order valence-electron chi connectivity index (χ1n) is 10.8. The van der Waals surface area contributed by atoms with Gasteiger partial charge in [0.05, 0.1) is 25.9 Å². The zero-order chi connectivity index (χ0) is 25.8. The number of amides is 2. The monoisotopic (exact) mass is 652 g/mol. The van der Waals surface area contributed by atoms with Crippen molar-refractivity contribution in [3.63, 3.8) is 0 Å². The number of thiocarbonyl (C=S) groups is 1. The Hall–Kier alpha value is -2.66. The molecule has 0 radical (unpaired) electrons. The largest absolute Gasteiger partial charge is 0.490 e. The summed E-state index contributed by atoms with van der Waals surface area (Å²) in [5, 5.41) is 2.88. The smallest absolute Gasteiger partial charge is 0.270 e. The number of carbonyl (C=O) groups is 2. The lowest BCUT2D eigenvalue weighted by atomic mass is 10.1. The van der Waals surface area contributed by atoms with Crippen LogP contribution in [0.2, 0.25) is 10.0 Å². The van der Waals surface area contributed by atoms with Gasteiger partial charge in [0.15, 0.2) is 16.6 Å². The van der Waals surface area contributed by atoms with E-state index in [1.807, 2.05) is 37.3 Å². The van der Waals surface area contributed by atoms with Gasteiger partial charge in [-0.3, -0.25) is 19.8 Å². The molecule has 0 aliphatic carbocycles. The second kappa shape index (κ2) is 11.6. The molecule has 4 rings (SSSR count). The third-order valence-corrected chi connectivity index (χ3v) is 7.04. The summed E-state index contributed by atoms with van der Waals surface area (Å²) in [5.41, 5.74) is 1.76. The zero-order valence-corrected chi connectivity index (χ0v) is 23.4. The highest BCUT2D eigenvalue weighted by molar-refractivity contribution is 14.1. The van der Waals surface area contributed by atoms with Gasteiger partial charge >= 0.3 is 0 Å². The molecule has 6 nitrogen and oxygen atoms in total. The van der Waals surface area contributed by atoms with E-state index in [0.29, 0.717) is 30.3 Å². The number of carbonyl (C=O) groups excluding carboxylic acids is 2. The van der Waals surface area contributed by atoms with Gasteiger partial charge < -0.3 is 9.47 Å². The average Bonchev–Trinajstić information content (AvgIpc) is 2.84. The van der Waals surface area contributed by atoms with Crippen molar-refractivity contribution in [3.05, 3.63) is 91.0 Å². The van der Waals surface area contributed by atoms with Crippen LogP contribution in [-0.2, 0) is 16.2 Å². The van der Waals surface area contributed by atoms with E-state index >= 15 is 0 Å². The molecular formula is C26H19Cl2IN2O4S. The molecule has 1 heterocycles. The van der Waals surface area contributed by atoms with Crippen LogP contribution in [0.4, 0.5) is 5.69 Å². The van der Waals surface area contributed by atoms with Crippen molar-refractivity contribution >= 4 is 86.7 Å². The second-order valence-electron chi connectivity index (χ2n) is 7.57. The van der Waals surface area contributed by atoms with Gasteiger partial charge in [0.25, 0.3) is 11.8 Å². The average molecular weight is 653 g/mol. The van der Waals surface area contributed by atoms with Crippen LogP contribution >= 0.6 is 58.0 Å². The predicted molar refractivity (Wildman–Crippen MR) is 154 cm³/mol. The predicted octanol–water partition coefficient (Wildman–Crippen LogP) is 6.41. The Morgan fingerprint density at radius 1 is 1.06 bits per heavy atom. The molecule has 0 spiro atoms. The minimum atomic E-state index is -0.620. The van der Waals surface area contributed by atoms with E-state index in [4.69, 9.17) is 44.9 Å². The fourth-order valence-corrected chi connectivity index (χ4v) is 4.95. The van der Waals surface area contributed by atoms with Crippen molar-refractivity contribution in [2.45, 2.75) is 13.5 Å². The molecule has 1 fully saturated rings. The molecule has 1 aliphatic heterocycles. The summed E-state index contributed by atoms with van der Waals surface area (Å²) in [5.74, 6) is -0.153. The maximum Gasteiger partial charge on any atom is 0.270 e. The minimum absolute atomic E-state index is 0.0828. The number of nitrogens with zero attached hydrogens (tertiary/aromatic N) is 1. The topological polar surface area (TPSA) is 67.9 Å². The Labute approximate surface area is 237 Å². The summed E-state index contributed by atoms with van der Waals surface area (Å²) < 4.78 is 12.6. The fourth-order valence-electron chi connectivity index (χ4n) is 3.51. The summed E-state index contributed by atoms with van der Waals surface area (Å²) in [7, 11) is 0. The third-order valence-electron chi connectivity index (χ3n) is 5.14. The van der Waals surface area contributed by atoms with Crippen molar-refractivity contribution in [3.8, 4) is 11.5 Å². The second-order valence-corrected chi connectivity index (χ2v) is 9.90. The standard InChI is InChI=1S/C26H19Cl2IN2O4S/c1-2-34-21-13-16(12-19(29)23(21)35-14-15-7-4-3-5-8-15)11-17-24(32)30-26(36)31(25(17)33)20-10-6-9-18(27)22(20)28/h3-13H,2,14H2,1H3,(H,30,32,36)/b17-11+. The van der Waals surface area contributed by atoms with Gasteiger partial charge in [-0.2, -0.15) is 0 Å². The zero-order valence-electron chi connectivity index (χ0n) is 18.9. The molecule has 1 saturated heterocycles. The first-order valence-corrected chi connectivity index (χ1v) is 13.0. The number of anilines is 1. The first-order chi connectivity index (χ1) is 17.3. The summed E-state index contributed by atoms with van der Waals surface area (Å²) in [6.45, 7) is 2.64. The number of benzene rings is 3. The number of hydrogen-bond acceptors (Lipinski definition) is 5. The number of nitrogens with one attached hydrogen (secondary N) is 1. The van der Waals surface area contributed by atoms with E-state index in [0.717, 1.165) is 14.0 Å². The lowest BCUT2D eigenvalue weighted by molar-refractivity contribution is -0.122. The van der Waals surface area contributed by atoms with Crippen LogP contribution in [0, 0.1) is 3.57 Å². The van der Waals surface area contributed by atoms with Gasteiger partial charge in [0, 0.05) is 0 Å². The SMILES string of the molecule is CCOc1cc(/C=C2\C(=O)NC(=S)N(c3cccc(Cl)c3Cl)C2=O)cc(I)c1OCc1ccccc1. The van der Waals surface area contributed by atoms with Crippen LogP contribution in [0.25, 0.3) is 6.08 Å². The van der Waals surface area contributed by atoms with Crippen molar-refractivity contribution in [1.82, 2.24) is 5.32 Å². The van der Waals surface area contributed by atoms with Crippen LogP contribution in [0.5, 0.6) is 11.5 Å². The maximum atomic E-state index is 13.4. The van der Waals surface area contributed by atoms with Gasteiger partial charge in [0.2, 0.25) is 0 Å². The Kier molecular flexibility index (Phi) is 8.50. The first kappa shape index (κ1) is 26.4. The Bertz CT molecular complexity index is 1380. The van der Waals surface area contributed by atoms with Crippen LogP contribution in [0.3, 0.4) is 0 Å². The molecule has 0 bridgehead atoms. The molecule has 1 N–H and O–H groups in total. The molecule has 36 heavy (non-hydrogen) atoms. The van der Waals surface area contributed by atoms with Crippen LogP contribution in [0.15, 0.2) is 66.2 Å². The molecule has 0 atom stereocenters. The van der Waals surface area contributed by atoms with Crippen LogP contribution < -0.4 is 19.7 Å². The molecule has 0 unspecified atom stereocenters. The molecule has 2 amide bonds. The summed E-state index contributed by atoms with van der Waals surface area (Å²) >= 11 is 19.8. The van der Waals surface area contributed by atoms with Crippen molar-refractivity contribution < 1.29 is 19.1 Å².